The topological polar surface area (TPSA) is 24.1 Å². The number of hydrogen-bond donors (Lipinski definition) is 2. The summed E-state index contributed by atoms with van der Waals surface area (Å²) in [6.07, 6.45) is 5.67. The van der Waals surface area contributed by atoms with Crippen LogP contribution in [-0.4, -0.2) is 25.7 Å². The summed E-state index contributed by atoms with van der Waals surface area (Å²) in [4.78, 5) is 0. The van der Waals surface area contributed by atoms with Crippen LogP contribution in [0.1, 0.15) is 32.6 Å². The maximum atomic E-state index is 3.70. The minimum Gasteiger partial charge on any atom is -0.316 e. The smallest absolute Gasteiger partial charge is 0.00673 e. The number of rotatable bonds is 3. The van der Waals surface area contributed by atoms with Gasteiger partial charge in [-0.05, 0) is 37.5 Å². The normalized spacial score (nSPS) is 35.8. The van der Waals surface area contributed by atoms with Gasteiger partial charge in [-0.15, -0.1) is 0 Å². The fraction of sp³-hybridized carbons (Fsp3) is 1.00. The van der Waals surface area contributed by atoms with Gasteiger partial charge in [0.05, 0.1) is 0 Å². The van der Waals surface area contributed by atoms with Crippen molar-refractivity contribution in [2.45, 2.75) is 38.6 Å². The lowest BCUT2D eigenvalue weighted by Gasteiger charge is -2.32. The summed E-state index contributed by atoms with van der Waals surface area (Å²) in [6.45, 7) is 6.09. The van der Waals surface area contributed by atoms with Crippen molar-refractivity contribution in [1.29, 1.82) is 0 Å². The van der Waals surface area contributed by atoms with Crippen LogP contribution >= 0.6 is 0 Å². The van der Waals surface area contributed by atoms with E-state index in [0.717, 1.165) is 17.9 Å². The van der Waals surface area contributed by atoms with E-state index in [2.05, 4.69) is 17.6 Å². The fourth-order valence-corrected chi connectivity index (χ4v) is 2.29. The van der Waals surface area contributed by atoms with Crippen molar-refractivity contribution < 1.29 is 0 Å². The highest BCUT2D eigenvalue weighted by Gasteiger charge is 2.21. The lowest BCUT2D eigenvalue weighted by molar-refractivity contribution is 0.267. The molecule has 1 saturated heterocycles. The molecule has 2 rings (SSSR count). The summed E-state index contributed by atoms with van der Waals surface area (Å²) in [6, 6.07) is 0.830. The second-order valence-corrected chi connectivity index (χ2v) is 4.89. The van der Waals surface area contributed by atoms with Crippen molar-refractivity contribution in [2.24, 2.45) is 11.8 Å². The molecule has 2 nitrogen and oxygen atoms in total. The van der Waals surface area contributed by atoms with E-state index in [1.165, 1.54) is 45.3 Å². The van der Waals surface area contributed by atoms with Gasteiger partial charge in [0.15, 0.2) is 0 Å². The lowest BCUT2D eigenvalue weighted by atomic mass is 9.87. The Kier molecular flexibility index (Phi) is 3.23. The van der Waals surface area contributed by atoms with Crippen molar-refractivity contribution >= 4 is 0 Å². The number of hydrogen-bond acceptors (Lipinski definition) is 2. The second kappa shape index (κ2) is 4.43. The van der Waals surface area contributed by atoms with Crippen molar-refractivity contribution in [3.8, 4) is 0 Å². The van der Waals surface area contributed by atoms with Gasteiger partial charge in [0, 0.05) is 25.7 Å². The Hall–Kier alpha value is -0.0800. The molecule has 0 aromatic carbocycles. The molecule has 0 radical (unpaired) electrons. The van der Waals surface area contributed by atoms with Gasteiger partial charge in [0.1, 0.15) is 0 Å². The van der Waals surface area contributed by atoms with Crippen LogP contribution in [0.3, 0.4) is 0 Å². The molecule has 0 spiro atoms. The Morgan fingerprint density at radius 2 is 1.85 bits per heavy atom. The molecule has 1 saturated carbocycles. The zero-order valence-corrected chi connectivity index (χ0v) is 8.68. The van der Waals surface area contributed by atoms with E-state index in [4.69, 9.17) is 0 Å². The maximum Gasteiger partial charge on any atom is 0.00673 e. The average Bonchev–Trinajstić information content (AvgIpc) is 2.05. The molecule has 0 bridgehead atoms. The summed E-state index contributed by atoms with van der Waals surface area (Å²) in [5, 5.41) is 7.02. The van der Waals surface area contributed by atoms with Crippen molar-refractivity contribution in [3.63, 3.8) is 0 Å². The summed E-state index contributed by atoms with van der Waals surface area (Å²) >= 11 is 0. The van der Waals surface area contributed by atoms with Crippen LogP contribution in [0.25, 0.3) is 0 Å². The standard InChI is InChI=1S/C11H22N2/c1-9-2-4-11(5-3-9)13-8-10-6-12-7-10/h9-13H,2-8H2,1H3/t9-,11-. The predicted octanol–water partition coefficient (Wildman–Crippen LogP) is 1.37. The molecule has 1 heterocycles. The first-order valence-electron chi connectivity index (χ1n) is 5.78. The van der Waals surface area contributed by atoms with Crippen LogP contribution < -0.4 is 10.6 Å². The monoisotopic (exact) mass is 182 g/mol. The van der Waals surface area contributed by atoms with E-state index in [1.54, 1.807) is 0 Å². The van der Waals surface area contributed by atoms with Gasteiger partial charge in [0.2, 0.25) is 0 Å². The van der Waals surface area contributed by atoms with Crippen molar-refractivity contribution in [1.82, 2.24) is 10.6 Å². The maximum absolute atomic E-state index is 3.70. The number of nitrogens with one attached hydrogen (secondary N) is 2. The molecule has 1 aliphatic heterocycles. The zero-order chi connectivity index (χ0) is 9.10. The van der Waals surface area contributed by atoms with Crippen LogP contribution in [0, 0.1) is 11.8 Å². The Bertz CT molecular complexity index is 146. The highest BCUT2D eigenvalue weighted by molar-refractivity contribution is 4.81. The van der Waals surface area contributed by atoms with Crippen molar-refractivity contribution in [2.75, 3.05) is 19.6 Å². The van der Waals surface area contributed by atoms with Gasteiger partial charge in [-0.3, -0.25) is 0 Å². The molecule has 0 unspecified atom stereocenters. The largest absolute Gasteiger partial charge is 0.316 e. The highest BCUT2D eigenvalue weighted by Crippen LogP contribution is 2.23. The highest BCUT2D eigenvalue weighted by atomic mass is 15.0. The molecule has 2 fully saturated rings. The molecule has 0 aromatic heterocycles. The minimum atomic E-state index is 0.830. The van der Waals surface area contributed by atoms with Crippen molar-refractivity contribution in [3.05, 3.63) is 0 Å². The first-order valence-corrected chi connectivity index (χ1v) is 5.78. The van der Waals surface area contributed by atoms with E-state index < -0.39 is 0 Å². The molecule has 0 atom stereocenters. The third-order valence-electron chi connectivity index (χ3n) is 3.58. The van der Waals surface area contributed by atoms with Crippen LogP contribution in [0.4, 0.5) is 0 Å². The van der Waals surface area contributed by atoms with Gasteiger partial charge in [-0.1, -0.05) is 6.92 Å². The van der Waals surface area contributed by atoms with E-state index >= 15 is 0 Å². The summed E-state index contributed by atoms with van der Waals surface area (Å²) in [5.74, 6) is 1.89. The van der Waals surface area contributed by atoms with Gasteiger partial charge in [0.25, 0.3) is 0 Å². The van der Waals surface area contributed by atoms with E-state index in [1.807, 2.05) is 0 Å². The molecule has 76 valence electrons. The first kappa shape index (κ1) is 9.47. The molecule has 0 aromatic rings. The van der Waals surface area contributed by atoms with Gasteiger partial charge in [-0.25, -0.2) is 0 Å². The molecular formula is C11H22N2. The lowest BCUT2D eigenvalue weighted by Crippen LogP contribution is -2.49. The molecule has 13 heavy (non-hydrogen) atoms. The Labute approximate surface area is 81.5 Å². The predicted molar refractivity (Wildman–Crippen MR) is 55.8 cm³/mol. The van der Waals surface area contributed by atoms with Gasteiger partial charge < -0.3 is 10.6 Å². The average molecular weight is 182 g/mol. The SMILES string of the molecule is C[C@H]1CC[C@H](NCC2CNC2)CC1. The summed E-state index contributed by atoms with van der Waals surface area (Å²) < 4.78 is 0. The Morgan fingerprint density at radius 3 is 2.38 bits per heavy atom. The van der Waals surface area contributed by atoms with Gasteiger partial charge in [-0.2, -0.15) is 0 Å². The molecule has 2 aliphatic rings. The van der Waals surface area contributed by atoms with E-state index in [0.29, 0.717) is 0 Å². The molecule has 0 amide bonds. The van der Waals surface area contributed by atoms with E-state index in [-0.39, 0.29) is 0 Å². The van der Waals surface area contributed by atoms with Gasteiger partial charge >= 0.3 is 0 Å². The Balaban J connectivity index is 1.59. The zero-order valence-electron chi connectivity index (χ0n) is 8.68. The third kappa shape index (κ3) is 2.68. The first-order chi connectivity index (χ1) is 6.34. The van der Waals surface area contributed by atoms with E-state index in [9.17, 15) is 0 Å². The van der Waals surface area contributed by atoms with Crippen LogP contribution in [0.2, 0.25) is 0 Å². The summed E-state index contributed by atoms with van der Waals surface area (Å²) in [5.41, 5.74) is 0. The molecule has 2 N–H and O–H groups in total. The summed E-state index contributed by atoms with van der Waals surface area (Å²) in [7, 11) is 0. The molecule has 2 heteroatoms. The fourth-order valence-electron chi connectivity index (χ4n) is 2.29. The molecular weight excluding hydrogens is 160 g/mol. The Morgan fingerprint density at radius 1 is 1.15 bits per heavy atom. The van der Waals surface area contributed by atoms with Crippen LogP contribution in [-0.2, 0) is 0 Å². The van der Waals surface area contributed by atoms with Crippen LogP contribution in [0.15, 0.2) is 0 Å². The third-order valence-corrected chi connectivity index (χ3v) is 3.58. The second-order valence-electron chi connectivity index (χ2n) is 4.89. The minimum absolute atomic E-state index is 0.830. The van der Waals surface area contributed by atoms with Crippen LogP contribution in [0.5, 0.6) is 0 Å². The molecule has 1 aliphatic carbocycles. The quantitative estimate of drug-likeness (QED) is 0.689.